The molecule has 0 spiro atoms. The van der Waals surface area contributed by atoms with Crippen molar-refractivity contribution in [3.05, 3.63) is 27.8 Å². The Bertz CT molecular complexity index is 649. The molecule has 1 fully saturated rings. The number of nitrogens with one attached hydrogen (secondary N) is 1. The molecule has 0 bridgehead atoms. The smallest absolute Gasteiger partial charge is 0.243 e. The van der Waals surface area contributed by atoms with Gasteiger partial charge in [0, 0.05) is 19.1 Å². The van der Waals surface area contributed by atoms with E-state index in [1.807, 2.05) is 34.7 Å². The number of nitrogens with zero attached hydrogens (tertiary/aromatic N) is 1. The Morgan fingerprint density at radius 3 is 1.65 bits per heavy atom. The van der Waals surface area contributed by atoms with Gasteiger partial charge in [-0.1, -0.05) is 0 Å². The molecule has 0 unspecified atom stereocenters. The molecule has 4 nitrogen and oxygen atoms in total. The van der Waals surface area contributed by atoms with Gasteiger partial charge in [0.1, 0.15) is 0 Å². The van der Waals surface area contributed by atoms with Crippen LogP contribution in [0.3, 0.4) is 0 Å². The second kappa shape index (κ2) is 7.51. The predicted octanol–water partition coefficient (Wildman–Crippen LogP) is 3.02. The van der Waals surface area contributed by atoms with Crippen LogP contribution in [0, 0.1) is 34.6 Å². The number of sulfonamides is 1. The topological polar surface area (TPSA) is 49.4 Å². The van der Waals surface area contributed by atoms with Crippen LogP contribution in [0.4, 0.5) is 0 Å². The lowest BCUT2D eigenvalue weighted by Gasteiger charge is -2.32. The standard InChI is InChI=1S/C17H28N2O2S.ClH/c1-11-12(2)14(4)17(15(5)13(11)3)22(20,21)19-9-7-16(18-6)8-10-19;/h16,18H,7-10H2,1-6H3;1H. The molecule has 1 heterocycles. The van der Waals surface area contributed by atoms with Gasteiger partial charge in [-0.2, -0.15) is 4.31 Å². The summed E-state index contributed by atoms with van der Waals surface area (Å²) in [6.45, 7) is 11.2. The van der Waals surface area contributed by atoms with Crippen LogP contribution in [0.25, 0.3) is 0 Å². The Kier molecular flexibility index (Phi) is 6.67. The quantitative estimate of drug-likeness (QED) is 0.901. The molecule has 1 aliphatic heterocycles. The third-order valence-corrected chi connectivity index (χ3v) is 7.56. The lowest BCUT2D eigenvalue weighted by Crippen LogP contribution is -2.44. The van der Waals surface area contributed by atoms with Gasteiger partial charge in [-0.05, 0) is 82.3 Å². The third-order valence-electron chi connectivity index (χ3n) is 5.39. The normalized spacial score (nSPS) is 17.1. The van der Waals surface area contributed by atoms with Gasteiger partial charge in [0.25, 0.3) is 0 Å². The molecule has 132 valence electrons. The van der Waals surface area contributed by atoms with E-state index in [-0.39, 0.29) is 12.4 Å². The van der Waals surface area contributed by atoms with Crippen LogP contribution in [0.1, 0.15) is 40.7 Å². The number of hydrogen-bond donors (Lipinski definition) is 1. The third kappa shape index (κ3) is 3.58. The maximum Gasteiger partial charge on any atom is 0.243 e. The molecule has 0 radical (unpaired) electrons. The first-order valence-corrected chi connectivity index (χ1v) is 9.40. The molecule has 1 aromatic rings. The molecule has 1 aliphatic rings. The van der Waals surface area contributed by atoms with E-state index in [0.717, 1.165) is 35.1 Å². The van der Waals surface area contributed by atoms with Crippen molar-refractivity contribution in [2.24, 2.45) is 0 Å². The van der Waals surface area contributed by atoms with Crippen molar-refractivity contribution in [1.29, 1.82) is 0 Å². The zero-order valence-corrected chi connectivity index (χ0v) is 16.6. The summed E-state index contributed by atoms with van der Waals surface area (Å²) in [6, 6.07) is 0.426. The van der Waals surface area contributed by atoms with Crippen molar-refractivity contribution in [1.82, 2.24) is 9.62 Å². The number of halogens is 1. The monoisotopic (exact) mass is 360 g/mol. The number of rotatable bonds is 3. The van der Waals surface area contributed by atoms with Gasteiger partial charge in [0.2, 0.25) is 10.0 Å². The van der Waals surface area contributed by atoms with Crippen LogP contribution in [0.5, 0.6) is 0 Å². The van der Waals surface area contributed by atoms with E-state index in [9.17, 15) is 8.42 Å². The van der Waals surface area contributed by atoms with Gasteiger partial charge in [-0.3, -0.25) is 0 Å². The Morgan fingerprint density at radius 2 is 1.26 bits per heavy atom. The highest BCUT2D eigenvalue weighted by Gasteiger charge is 2.32. The van der Waals surface area contributed by atoms with E-state index < -0.39 is 10.0 Å². The molecule has 0 amide bonds. The predicted molar refractivity (Wildman–Crippen MR) is 98.2 cm³/mol. The van der Waals surface area contributed by atoms with E-state index in [0.29, 0.717) is 24.0 Å². The van der Waals surface area contributed by atoms with Crippen LogP contribution < -0.4 is 5.32 Å². The van der Waals surface area contributed by atoms with Crippen LogP contribution in [0.15, 0.2) is 4.90 Å². The fraction of sp³-hybridized carbons (Fsp3) is 0.647. The molecule has 1 N–H and O–H groups in total. The molecule has 6 heteroatoms. The van der Waals surface area contributed by atoms with E-state index in [2.05, 4.69) is 12.2 Å². The molecule has 23 heavy (non-hydrogen) atoms. The van der Waals surface area contributed by atoms with Crippen LogP contribution in [-0.4, -0.2) is 38.9 Å². The second-order valence-electron chi connectivity index (χ2n) is 6.42. The first-order chi connectivity index (χ1) is 10.2. The van der Waals surface area contributed by atoms with E-state index in [1.54, 1.807) is 4.31 Å². The van der Waals surface area contributed by atoms with Gasteiger partial charge in [-0.25, -0.2) is 8.42 Å². The van der Waals surface area contributed by atoms with Gasteiger partial charge in [0.15, 0.2) is 0 Å². The summed E-state index contributed by atoms with van der Waals surface area (Å²) in [5.41, 5.74) is 5.18. The van der Waals surface area contributed by atoms with Crippen LogP contribution >= 0.6 is 12.4 Å². The molecule has 0 aromatic heterocycles. The average molecular weight is 361 g/mol. The summed E-state index contributed by atoms with van der Waals surface area (Å²) in [5.74, 6) is 0. The Morgan fingerprint density at radius 1 is 0.870 bits per heavy atom. The lowest BCUT2D eigenvalue weighted by molar-refractivity contribution is 0.298. The summed E-state index contributed by atoms with van der Waals surface area (Å²) in [4.78, 5) is 0.524. The maximum atomic E-state index is 13.1. The molecule has 1 aromatic carbocycles. The molecule has 2 rings (SSSR count). The number of piperidine rings is 1. The van der Waals surface area contributed by atoms with Gasteiger partial charge in [0.05, 0.1) is 4.90 Å². The summed E-state index contributed by atoms with van der Waals surface area (Å²) in [7, 11) is -1.47. The summed E-state index contributed by atoms with van der Waals surface area (Å²) < 4.78 is 27.9. The summed E-state index contributed by atoms with van der Waals surface area (Å²) in [6.07, 6.45) is 1.75. The van der Waals surface area contributed by atoms with Crippen LogP contribution in [-0.2, 0) is 10.0 Å². The molecular weight excluding hydrogens is 332 g/mol. The minimum atomic E-state index is -3.41. The zero-order chi connectivity index (χ0) is 16.7. The molecule has 0 aliphatic carbocycles. The van der Waals surface area contributed by atoms with Crippen molar-refractivity contribution in [3.63, 3.8) is 0 Å². The highest BCUT2D eigenvalue weighted by atomic mass is 35.5. The minimum Gasteiger partial charge on any atom is -0.317 e. The zero-order valence-electron chi connectivity index (χ0n) is 15.0. The first-order valence-electron chi connectivity index (χ1n) is 7.96. The fourth-order valence-corrected chi connectivity index (χ4v) is 5.40. The Hall–Kier alpha value is -0.620. The molecule has 0 saturated carbocycles. The lowest BCUT2D eigenvalue weighted by atomic mass is 9.95. The van der Waals surface area contributed by atoms with Crippen molar-refractivity contribution in [2.75, 3.05) is 20.1 Å². The Labute approximate surface area is 147 Å². The minimum absolute atomic E-state index is 0. The maximum absolute atomic E-state index is 13.1. The van der Waals surface area contributed by atoms with Crippen molar-refractivity contribution in [3.8, 4) is 0 Å². The largest absolute Gasteiger partial charge is 0.317 e. The number of benzene rings is 1. The second-order valence-corrected chi connectivity index (χ2v) is 8.30. The highest BCUT2D eigenvalue weighted by Crippen LogP contribution is 2.32. The van der Waals surface area contributed by atoms with E-state index in [4.69, 9.17) is 0 Å². The molecule has 0 atom stereocenters. The van der Waals surface area contributed by atoms with E-state index >= 15 is 0 Å². The summed E-state index contributed by atoms with van der Waals surface area (Å²) in [5, 5.41) is 3.24. The van der Waals surface area contributed by atoms with Crippen molar-refractivity contribution in [2.45, 2.75) is 58.4 Å². The first kappa shape index (κ1) is 20.4. The summed E-state index contributed by atoms with van der Waals surface area (Å²) >= 11 is 0. The van der Waals surface area contributed by atoms with Gasteiger partial charge in [-0.15, -0.1) is 12.4 Å². The fourth-order valence-electron chi connectivity index (χ4n) is 3.37. The average Bonchev–Trinajstić information content (AvgIpc) is 2.51. The molecular formula is C17H29ClN2O2S. The number of hydrogen-bond acceptors (Lipinski definition) is 3. The van der Waals surface area contributed by atoms with Gasteiger partial charge >= 0.3 is 0 Å². The van der Waals surface area contributed by atoms with E-state index in [1.165, 1.54) is 5.56 Å². The van der Waals surface area contributed by atoms with Crippen LogP contribution in [0.2, 0.25) is 0 Å². The van der Waals surface area contributed by atoms with Gasteiger partial charge < -0.3 is 5.32 Å². The SMILES string of the molecule is CNC1CCN(S(=O)(=O)c2c(C)c(C)c(C)c(C)c2C)CC1.Cl. The van der Waals surface area contributed by atoms with Crippen molar-refractivity contribution >= 4 is 22.4 Å². The molecule has 1 saturated heterocycles. The Balaban J connectivity index is 0.00000264. The van der Waals surface area contributed by atoms with Crippen molar-refractivity contribution < 1.29 is 8.42 Å². The highest BCUT2D eigenvalue weighted by molar-refractivity contribution is 7.89.